The van der Waals surface area contributed by atoms with E-state index in [1.54, 1.807) is 0 Å². The topological polar surface area (TPSA) is 49.0 Å². The number of carbonyl (C=O) groups is 1. The van der Waals surface area contributed by atoms with Gasteiger partial charge in [-0.15, -0.1) is 0 Å². The largest absolute Gasteiger partial charge is 0.341 e. The highest BCUT2D eigenvalue weighted by molar-refractivity contribution is 9.10. The highest BCUT2D eigenvalue weighted by atomic mass is 79.9. The van der Waals surface area contributed by atoms with Gasteiger partial charge in [-0.2, -0.15) is 5.10 Å². The molecule has 0 aliphatic heterocycles. The van der Waals surface area contributed by atoms with Gasteiger partial charge >= 0.3 is 0 Å². The van der Waals surface area contributed by atoms with Gasteiger partial charge in [0.1, 0.15) is 0 Å². The standard InChI is InChI=1S/C16H18BrN3O/c1-20(10-11-5-7-12(17)8-6-11)16(21)13-3-2-4-15-14(13)9-18-19-15/h5-9,13H,2-4,10H2,1H3,(H,18,19). The summed E-state index contributed by atoms with van der Waals surface area (Å²) >= 11 is 3.43. The zero-order chi connectivity index (χ0) is 14.8. The number of aromatic nitrogens is 2. The molecule has 1 aromatic heterocycles. The fourth-order valence-corrected chi connectivity index (χ4v) is 3.19. The number of aryl methyl sites for hydroxylation is 1. The van der Waals surface area contributed by atoms with E-state index < -0.39 is 0 Å². The third kappa shape index (κ3) is 3.02. The number of nitrogens with one attached hydrogen (secondary N) is 1. The number of hydrogen-bond acceptors (Lipinski definition) is 2. The summed E-state index contributed by atoms with van der Waals surface area (Å²) in [4.78, 5) is 14.5. The molecule has 0 bridgehead atoms. The average Bonchev–Trinajstić information content (AvgIpc) is 2.97. The van der Waals surface area contributed by atoms with Gasteiger partial charge < -0.3 is 4.90 Å². The average molecular weight is 348 g/mol. The molecule has 21 heavy (non-hydrogen) atoms. The molecule has 1 atom stereocenters. The van der Waals surface area contributed by atoms with E-state index in [0.717, 1.165) is 40.6 Å². The van der Waals surface area contributed by atoms with E-state index in [4.69, 9.17) is 0 Å². The lowest BCUT2D eigenvalue weighted by Gasteiger charge is -2.26. The molecule has 2 aromatic rings. The van der Waals surface area contributed by atoms with E-state index in [2.05, 4.69) is 26.1 Å². The fourth-order valence-electron chi connectivity index (χ4n) is 2.93. The zero-order valence-electron chi connectivity index (χ0n) is 12.0. The van der Waals surface area contributed by atoms with Crippen LogP contribution in [0.4, 0.5) is 0 Å². The SMILES string of the molecule is CN(Cc1ccc(Br)cc1)C(=O)C1CCCc2[nH]ncc21. The van der Waals surface area contributed by atoms with Crippen LogP contribution in [-0.4, -0.2) is 28.1 Å². The van der Waals surface area contributed by atoms with Gasteiger partial charge in [0.25, 0.3) is 0 Å². The first-order valence-electron chi connectivity index (χ1n) is 7.16. The van der Waals surface area contributed by atoms with Gasteiger partial charge in [-0.3, -0.25) is 9.89 Å². The smallest absolute Gasteiger partial charge is 0.230 e. The first-order valence-corrected chi connectivity index (χ1v) is 7.96. The summed E-state index contributed by atoms with van der Waals surface area (Å²) in [5.74, 6) is 0.133. The van der Waals surface area contributed by atoms with Crippen molar-refractivity contribution in [2.75, 3.05) is 7.05 Å². The molecule has 4 nitrogen and oxygen atoms in total. The van der Waals surface area contributed by atoms with Crippen molar-refractivity contribution < 1.29 is 4.79 Å². The summed E-state index contributed by atoms with van der Waals surface area (Å²) in [5, 5.41) is 7.10. The molecule has 1 N–H and O–H groups in total. The second-order valence-corrected chi connectivity index (χ2v) is 6.49. The van der Waals surface area contributed by atoms with E-state index in [-0.39, 0.29) is 11.8 Å². The molecule has 1 aliphatic rings. The van der Waals surface area contributed by atoms with Gasteiger partial charge in [0.2, 0.25) is 5.91 Å². The monoisotopic (exact) mass is 347 g/mol. The number of aromatic amines is 1. The van der Waals surface area contributed by atoms with E-state index in [9.17, 15) is 4.79 Å². The number of likely N-dealkylation sites (N-methyl/N-ethyl adjacent to an activating group) is 1. The molecule has 1 unspecified atom stereocenters. The van der Waals surface area contributed by atoms with Gasteiger partial charge in [0.15, 0.2) is 0 Å². The zero-order valence-corrected chi connectivity index (χ0v) is 13.6. The molecule has 0 saturated carbocycles. The minimum absolute atomic E-state index is 0.0482. The normalized spacial score (nSPS) is 17.3. The Hall–Kier alpha value is -1.62. The van der Waals surface area contributed by atoms with Crippen LogP contribution in [-0.2, 0) is 17.8 Å². The first-order chi connectivity index (χ1) is 10.1. The van der Waals surface area contributed by atoms with Gasteiger partial charge in [-0.05, 0) is 37.0 Å². The van der Waals surface area contributed by atoms with Gasteiger partial charge in [-0.1, -0.05) is 28.1 Å². The van der Waals surface area contributed by atoms with Gasteiger partial charge in [0, 0.05) is 29.3 Å². The van der Waals surface area contributed by atoms with Crippen molar-refractivity contribution in [3.8, 4) is 0 Å². The summed E-state index contributed by atoms with van der Waals surface area (Å²) in [6, 6.07) is 8.08. The summed E-state index contributed by atoms with van der Waals surface area (Å²) in [6.45, 7) is 0.635. The molecule has 0 spiro atoms. The number of carbonyl (C=O) groups excluding carboxylic acids is 1. The number of rotatable bonds is 3. The molecule has 110 valence electrons. The van der Waals surface area contributed by atoms with Gasteiger partial charge in [-0.25, -0.2) is 0 Å². The molecule has 1 amide bonds. The summed E-state index contributed by atoms with van der Waals surface area (Å²) < 4.78 is 1.05. The number of amides is 1. The second kappa shape index (κ2) is 6.02. The van der Waals surface area contributed by atoms with Crippen LogP contribution < -0.4 is 0 Å². The summed E-state index contributed by atoms with van der Waals surface area (Å²) in [7, 11) is 1.87. The van der Waals surface area contributed by atoms with E-state index in [0.29, 0.717) is 6.54 Å². The van der Waals surface area contributed by atoms with Crippen molar-refractivity contribution in [1.29, 1.82) is 0 Å². The minimum Gasteiger partial charge on any atom is -0.341 e. The van der Waals surface area contributed by atoms with Crippen LogP contribution in [0.5, 0.6) is 0 Å². The molecule has 1 heterocycles. The van der Waals surface area contributed by atoms with Crippen LogP contribution in [0.15, 0.2) is 34.9 Å². The summed E-state index contributed by atoms with van der Waals surface area (Å²) in [5.41, 5.74) is 3.34. The first kappa shape index (κ1) is 14.3. The van der Waals surface area contributed by atoms with Crippen LogP contribution >= 0.6 is 15.9 Å². The van der Waals surface area contributed by atoms with Crippen molar-refractivity contribution in [1.82, 2.24) is 15.1 Å². The Kier molecular flexibility index (Phi) is 4.10. The Morgan fingerprint density at radius 2 is 2.19 bits per heavy atom. The number of benzene rings is 1. The Bertz CT molecular complexity index is 635. The Morgan fingerprint density at radius 1 is 1.43 bits per heavy atom. The number of H-pyrrole nitrogens is 1. The van der Waals surface area contributed by atoms with Crippen LogP contribution in [0.2, 0.25) is 0 Å². The third-order valence-electron chi connectivity index (χ3n) is 4.05. The highest BCUT2D eigenvalue weighted by Gasteiger charge is 2.29. The lowest BCUT2D eigenvalue weighted by Crippen LogP contribution is -2.32. The van der Waals surface area contributed by atoms with Crippen LogP contribution in [0, 0.1) is 0 Å². The minimum atomic E-state index is -0.0482. The van der Waals surface area contributed by atoms with E-state index >= 15 is 0 Å². The fraction of sp³-hybridized carbons (Fsp3) is 0.375. The molecule has 0 fully saturated rings. The van der Waals surface area contributed by atoms with Gasteiger partial charge in [0.05, 0.1) is 12.1 Å². The molecular formula is C16H18BrN3O. The van der Waals surface area contributed by atoms with Crippen LogP contribution in [0.1, 0.15) is 35.6 Å². The van der Waals surface area contributed by atoms with Crippen molar-refractivity contribution in [2.45, 2.75) is 31.7 Å². The molecule has 3 rings (SSSR count). The molecule has 1 aliphatic carbocycles. The Balaban J connectivity index is 1.72. The predicted octanol–water partition coefficient (Wildman–Crippen LogP) is 3.25. The molecule has 0 radical (unpaired) electrons. The van der Waals surface area contributed by atoms with Crippen molar-refractivity contribution >= 4 is 21.8 Å². The number of fused-ring (bicyclic) bond motifs is 1. The quantitative estimate of drug-likeness (QED) is 0.926. The van der Waals surface area contributed by atoms with E-state index in [1.807, 2.05) is 42.4 Å². The maximum Gasteiger partial charge on any atom is 0.230 e. The van der Waals surface area contributed by atoms with Crippen LogP contribution in [0.25, 0.3) is 0 Å². The van der Waals surface area contributed by atoms with Crippen LogP contribution in [0.3, 0.4) is 0 Å². The number of hydrogen-bond donors (Lipinski definition) is 1. The Morgan fingerprint density at radius 3 is 2.95 bits per heavy atom. The predicted molar refractivity (Wildman–Crippen MR) is 84.9 cm³/mol. The second-order valence-electron chi connectivity index (χ2n) is 5.57. The molecular weight excluding hydrogens is 330 g/mol. The molecule has 0 saturated heterocycles. The lowest BCUT2D eigenvalue weighted by molar-refractivity contribution is -0.132. The van der Waals surface area contributed by atoms with Crippen molar-refractivity contribution in [3.05, 3.63) is 51.8 Å². The molecule has 1 aromatic carbocycles. The third-order valence-corrected chi connectivity index (χ3v) is 4.58. The Labute approximate surface area is 132 Å². The summed E-state index contributed by atoms with van der Waals surface area (Å²) in [6.07, 6.45) is 4.76. The van der Waals surface area contributed by atoms with Crippen molar-refractivity contribution in [2.24, 2.45) is 0 Å². The maximum absolute atomic E-state index is 12.7. The highest BCUT2D eigenvalue weighted by Crippen LogP contribution is 2.31. The lowest BCUT2D eigenvalue weighted by atomic mass is 9.86. The maximum atomic E-state index is 12.7. The number of halogens is 1. The van der Waals surface area contributed by atoms with Crippen molar-refractivity contribution in [3.63, 3.8) is 0 Å². The molecule has 5 heteroatoms. The van der Waals surface area contributed by atoms with E-state index in [1.165, 1.54) is 0 Å². The number of nitrogens with zero attached hydrogens (tertiary/aromatic N) is 2.